The number of halogens is 2. The fourth-order valence-corrected chi connectivity index (χ4v) is 3.66. The van der Waals surface area contributed by atoms with Crippen molar-refractivity contribution in [3.63, 3.8) is 0 Å². The number of ether oxygens (including phenoxy) is 1. The number of hydrogen-bond acceptors (Lipinski definition) is 8. The number of amides is 1. The molecule has 0 atom stereocenters. The van der Waals surface area contributed by atoms with E-state index < -0.39 is 6.55 Å². The molecular weight excluding hydrogens is 424 g/mol. The summed E-state index contributed by atoms with van der Waals surface area (Å²) in [7, 11) is 0. The first kappa shape index (κ1) is 20.5. The Morgan fingerprint density at radius 3 is 2.75 bits per heavy atom. The Bertz CT molecular complexity index is 1110. The molecule has 3 aromatic heterocycles. The van der Waals surface area contributed by atoms with Gasteiger partial charge >= 0.3 is 6.55 Å². The first-order valence-corrected chi connectivity index (χ1v) is 10.5. The molecule has 0 aromatic carbocycles. The van der Waals surface area contributed by atoms with Crippen molar-refractivity contribution in [1.82, 2.24) is 34.6 Å². The zero-order valence-corrected chi connectivity index (χ0v) is 17.2. The predicted octanol–water partition coefficient (Wildman–Crippen LogP) is 1.32. The van der Waals surface area contributed by atoms with Gasteiger partial charge in [-0.15, -0.1) is 0 Å². The van der Waals surface area contributed by atoms with Crippen LogP contribution in [0.1, 0.15) is 25.8 Å². The van der Waals surface area contributed by atoms with Gasteiger partial charge in [-0.1, -0.05) is 0 Å². The second kappa shape index (κ2) is 8.65. The number of aromatic nitrogens is 6. The van der Waals surface area contributed by atoms with Gasteiger partial charge in [-0.25, -0.2) is 9.67 Å². The smallest absolute Gasteiger partial charge is 0.333 e. The van der Waals surface area contributed by atoms with Gasteiger partial charge in [0.1, 0.15) is 6.33 Å². The lowest BCUT2D eigenvalue weighted by Crippen LogP contribution is -2.42. The van der Waals surface area contributed by atoms with Crippen LogP contribution in [0.5, 0.6) is 0 Å². The van der Waals surface area contributed by atoms with Gasteiger partial charge < -0.3 is 20.3 Å². The Morgan fingerprint density at radius 1 is 1.25 bits per heavy atom. The predicted molar refractivity (Wildman–Crippen MR) is 111 cm³/mol. The maximum atomic E-state index is 13.0. The molecule has 0 bridgehead atoms. The zero-order valence-electron chi connectivity index (χ0n) is 17.2. The van der Waals surface area contributed by atoms with E-state index in [-0.39, 0.29) is 18.5 Å². The van der Waals surface area contributed by atoms with Crippen molar-refractivity contribution >= 4 is 28.8 Å². The number of rotatable bonds is 7. The van der Waals surface area contributed by atoms with Crippen LogP contribution in [0.4, 0.5) is 20.5 Å². The van der Waals surface area contributed by atoms with Crippen LogP contribution in [-0.2, 0) is 9.53 Å². The molecule has 2 N–H and O–H groups in total. The van der Waals surface area contributed by atoms with Crippen molar-refractivity contribution in [2.45, 2.75) is 31.9 Å². The van der Waals surface area contributed by atoms with Crippen LogP contribution in [0.15, 0.2) is 18.7 Å². The van der Waals surface area contributed by atoms with Crippen molar-refractivity contribution in [2.75, 3.05) is 43.1 Å². The molecule has 170 valence electrons. The summed E-state index contributed by atoms with van der Waals surface area (Å²) in [6.07, 6.45) is 7.16. The van der Waals surface area contributed by atoms with Crippen molar-refractivity contribution in [3.8, 4) is 5.69 Å². The number of fused-ring (bicyclic) bond motifs is 1. The molecule has 1 saturated carbocycles. The Labute approximate surface area is 181 Å². The highest BCUT2D eigenvalue weighted by molar-refractivity contribution is 5.88. The first-order chi connectivity index (χ1) is 15.6. The largest absolute Gasteiger partial charge is 0.378 e. The van der Waals surface area contributed by atoms with Gasteiger partial charge in [0.25, 0.3) is 0 Å². The van der Waals surface area contributed by atoms with Crippen LogP contribution in [-0.4, -0.2) is 74.1 Å². The van der Waals surface area contributed by atoms with E-state index in [1.165, 1.54) is 18.7 Å². The maximum Gasteiger partial charge on any atom is 0.333 e. The van der Waals surface area contributed by atoms with Crippen LogP contribution >= 0.6 is 0 Å². The number of morpholine rings is 1. The third kappa shape index (κ3) is 4.07. The van der Waals surface area contributed by atoms with Gasteiger partial charge in [-0.3, -0.25) is 9.36 Å². The van der Waals surface area contributed by atoms with Crippen molar-refractivity contribution in [2.24, 2.45) is 0 Å². The fourth-order valence-electron chi connectivity index (χ4n) is 3.66. The molecule has 0 unspecified atom stereocenters. The van der Waals surface area contributed by atoms with Gasteiger partial charge in [0, 0.05) is 19.1 Å². The summed E-state index contributed by atoms with van der Waals surface area (Å²) < 4.78 is 33.5. The Morgan fingerprint density at radius 2 is 2.06 bits per heavy atom. The van der Waals surface area contributed by atoms with E-state index in [1.54, 1.807) is 4.57 Å². The quantitative estimate of drug-likeness (QED) is 0.557. The van der Waals surface area contributed by atoms with Crippen LogP contribution in [0.25, 0.3) is 16.9 Å². The van der Waals surface area contributed by atoms with Crippen LogP contribution in [0, 0.1) is 0 Å². The number of nitrogens with zero attached hydrogens (tertiary/aromatic N) is 7. The highest BCUT2D eigenvalue weighted by Gasteiger charge is 2.22. The molecule has 0 radical (unpaired) electrons. The summed E-state index contributed by atoms with van der Waals surface area (Å²) in [5.74, 6) is 0.734. The topological polar surface area (TPSA) is 115 Å². The molecule has 2 aliphatic rings. The van der Waals surface area contributed by atoms with E-state index in [4.69, 9.17) is 4.74 Å². The molecule has 13 heteroatoms. The normalized spacial score (nSPS) is 17.0. The van der Waals surface area contributed by atoms with E-state index in [9.17, 15) is 13.6 Å². The monoisotopic (exact) mass is 447 g/mol. The first-order valence-electron chi connectivity index (χ1n) is 10.5. The van der Waals surface area contributed by atoms with Crippen molar-refractivity contribution in [3.05, 3.63) is 18.7 Å². The summed E-state index contributed by atoms with van der Waals surface area (Å²) >= 11 is 0. The van der Waals surface area contributed by atoms with Crippen LogP contribution < -0.4 is 15.5 Å². The van der Waals surface area contributed by atoms with E-state index in [0.717, 1.165) is 19.3 Å². The Balaban J connectivity index is 1.47. The van der Waals surface area contributed by atoms with Crippen LogP contribution in [0.2, 0.25) is 0 Å². The molecule has 0 spiro atoms. The van der Waals surface area contributed by atoms with E-state index >= 15 is 0 Å². The van der Waals surface area contributed by atoms with Gasteiger partial charge in [0.05, 0.1) is 37.8 Å². The second-order valence-corrected chi connectivity index (χ2v) is 7.76. The molecule has 11 nitrogen and oxygen atoms in total. The molecule has 32 heavy (non-hydrogen) atoms. The van der Waals surface area contributed by atoms with Gasteiger partial charge in [0.15, 0.2) is 17.0 Å². The molecule has 3 aromatic rings. The third-order valence-corrected chi connectivity index (χ3v) is 5.63. The van der Waals surface area contributed by atoms with Crippen molar-refractivity contribution in [1.29, 1.82) is 0 Å². The fraction of sp³-hybridized carbons (Fsp3) is 0.526. The number of carbonyl (C=O) groups is 1. The minimum absolute atomic E-state index is 0.0430. The summed E-state index contributed by atoms with van der Waals surface area (Å²) in [4.78, 5) is 27.9. The number of nitrogens with one attached hydrogen (secondary N) is 2. The number of imidazole rings is 1. The minimum Gasteiger partial charge on any atom is -0.378 e. The van der Waals surface area contributed by atoms with Crippen molar-refractivity contribution < 1.29 is 18.3 Å². The molecule has 1 aliphatic carbocycles. The number of carbonyl (C=O) groups excluding carboxylic acids is 1. The Hall–Kier alpha value is -3.35. The summed E-state index contributed by atoms with van der Waals surface area (Å²) in [5.41, 5.74) is 1.26. The molecule has 1 aliphatic heterocycles. The molecular formula is C19H23F2N9O2. The number of anilines is 2. The lowest BCUT2D eigenvalue weighted by molar-refractivity contribution is -0.120. The zero-order chi connectivity index (χ0) is 22.1. The lowest BCUT2D eigenvalue weighted by Gasteiger charge is -2.27. The summed E-state index contributed by atoms with van der Waals surface area (Å²) in [6, 6.07) is 0.240. The lowest BCUT2D eigenvalue weighted by atomic mass is 9.93. The molecule has 1 saturated heterocycles. The van der Waals surface area contributed by atoms with Crippen LogP contribution in [0.3, 0.4) is 0 Å². The molecule has 4 heterocycles. The number of alkyl halides is 2. The summed E-state index contributed by atoms with van der Waals surface area (Å²) in [6.45, 7) is -0.373. The van der Waals surface area contributed by atoms with Gasteiger partial charge in [0.2, 0.25) is 11.9 Å². The summed E-state index contributed by atoms with van der Waals surface area (Å²) in [5, 5.41) is 9.74. The van der Waals surface area contributed by atoms with E-state index in [0.29, 0.717) is 59.6 Å². The average Bonchev–Trinajstić information content (AvgIpc) is 3.42. The third-order valence-electron chi connectivity index (χ3n) is 5.63. The highest BCUT2D eigenvalue weighted by Crippen LogP contribution is 2.26. The second-order valence-electron chi connectivity index (χ2n) is 7.76. The highest BCUT2D eigenvalue weighted by atomic mass is 19.3. The standard InChI is InChI=1S/C19H23F2N9O2/c20-18(21)30-10-13(8-24-30)29-11-23-15-16(22-9-14(31)25-12-2-1-3-12)26-19(27-17(15)29)28-4-6-32-7-5-28/h8,10-12,18H,1-7,9H2,(H,25,31)(H,22,26,27). The molecule has 2 fully saturated rings. The number of hydrogen-bond donors (Lipinski definition) is 2. The molecule has 1 amide bonds. The van der Waals surface area contributed by atoms with E-state index in [2.05, 4.69) is 30.7 Å². The van der Waals surface area contributed by atoms with E-state index in [1.807, 2.05) is 4.90 Å². The average molecular weight is 447 g/mol. The minimum atomic E-state index is -2.75. The Kier molecular flexibility index (Phi) is 5.55. The van der Waals surface area contributed by atoms with Gasteiger partial charge in [-0.05, 0) is 19.3 Å². The molecule has 5 rings (SSSR count). The van der Waals surface area contributed by atoms with Gasteiger partial charge in [-0.2, -0.15) is 23.8 Å². The maximum absolute atomic E-state index is 13.0. The SMILES string of the molecule is O=C(CNc1nc(N2CCOCC2)nc2c1ncn2-c1cnn(C(F)F)c1)NC1CCC1.